The Morgan fingerprint density at radius 3 is 1.81 bits per heavy atom. The monoisotopic (exact) mass is 225 g/mol. The molecule has 1 heteroatoms. The maximum atomic E-state index is 2.31. The Morgan fingerprint density at radius 1 is 1.12 bits per heavy atom. The molecule has 0 aliphatic carbocycles. The standard InChI is InChI=1S/C11H19N.2C2H6/c1-6-11-10(8(2)3)7-9(4)12(11)5;2*1-2/h7-8H,6H2,1-5H3;2*1-2H3. The van der Waals surface area contributed by atoms with E-state index < -0.39 is 0 Å². The maximum absolute atomic E-state index is 2.31. The van der Waals surface area contributed by atoms with Gasteiger partial charge in [0, 0.05) is 18.4 Å². The van der Waals surface area contributed by atoms with Gasteiger partial charge in [0.2, 0.25) is 0 Å². The molecule has 0 atom stereocenters. The molecule has 0 N–H and O–H groups in total. The van der Waals surface area contributed by atoms with Crippen LogP contribution in [-0.2, 0) is 13.5 Å². The second-order valence-corrected chi connectivity index (χ2v) is 3.76. The number of rotatable bonds is 2. The van der Waals surface area contributed by atoms with Crippen molar-refractivity contribution in [3.63, 3.8) is 0 Å². The molecular weight excluding hydrogens is 194 g/mol. The SMILES string of the molecule is CC.CC.CCc1c(C(C)C)cc(C)n1C. The third-order valence-corrected chi connectivity index (χ3v) is 2.59. The summed E-state index contributed by atoms with van der Waals surface area (Å²) in [4.78, 5) is 0. The molecule has 0 radical (unpaired) electrons. The van der Waals surface area contributed by atoms with Crippen LogP contribution in [0.3, 0.4) is 0 Å². The second kappa shape index (κ2) is 9.50. The quantitative estimate of drug-likeness (QED) is 0.662. The smallest absolute Gasteiger partial charge is 0.0206 e. The summed E-state index contributed by atoms with van der Waals surface area (Å²) in [5.41, 5.74) is 4.37. The van der Waals surface area contributed by atoms with Crippen molar-refractivity contribution >= 4 is 0 Å². The van der Waals surface area contributed by atoms with Crippen LogP contribution in [0, 0.1) is 6.92 Å². The van der Waals surface area contributed by atoms with Gasteiger partial charge in [-0.15, -0.1) is 0 Å². The van der Waals surface area contributed by atoms with Crippen molar-refractivity contribution in [1.82, 2.24) is 4.57 Å². The number of hydrogen-bond acceptors (Lipinski definition) is 0. The van der Waals surface area contributed by atoms with E-state index in [2.05, 4.69) is 45.4 Å². The fourth-order valence-corrected chi connectivity index (χ4v) is 1.75. The van der Waals surface area contributed by atoms with E-state index in [1.807, 2.05) is 27.7 Å². The molecule has 0 saturated carbocycles. The highest BCUT2D eigenvalue weighted by atomic mass is 15.0. The summed E-state index contributed by atoms with van der Waals surface area (Å²) in [6.45, 7) is 16.9. The van der Waals surface area contributed by atoms with Gasteiger partial charge >= 0.3 is 0 Å². The van der Waals surface area contributed by atoms with Crippen LogP contribution in [0.2, 0.25) is 0 Å². The van der Waals surface area contributed by atoms with Gasteiger partial charge in [0.25, 0.3) is 0 Å². The zero-order valence-corrected chi connectivity index (χ0v) is 12.8. The number of nitrogens with zero attached hydrogens (tertiary/aromatic N) is 1. The van der Waals surface area contributed by atoms with Crippen molar-refractivity contribution in [3.05, 3.63) is 23.0 Å². The molecule has 96 valence electrons. The fraction of sp³-hybridized carbons (Fsp3) is 0.733. The van der Waals surface area contributed by atoms with Gasteiger partial charge in [0.15, 0.2) is 0 Å². The van der Waals surface area contributed by atoms with E-state index in [0.717, 1.165) is 6.42 Å². The predicted molar refractivity (Wildman–Crippen MR) is 76.3 cm³/mol. The Labute approximate surface area is 103 Å². The predicted octanol–water partition coefficient (Wildman–Crippen LogP) is 5.07. The summed E-state index contributed by atoms with van der Waals surface area (Å²) in [6.07, 6.45) is 1.14. The van der Waals surface area contributed by atoms with Gasteiger partial charge in [0.05, 0.1) is 0 Å². The van der Waals surface area contributed by atoms with Crippen LogP contribution >= 0.6 is 0 Å². The fourth-order valence-electron chi connectivity index (χ4n) is 1.75. The van der Waals surface area contributed by atoms with E-state index in [1.165, 1.54) is 17.0 Å². The van der Waals surface area contributed by atoms with E-state index in [-0.39, 0.29) is 0 Å². The van der Waals surface area contributed by atoms with E-state index in [9.17, 15) is 0 Å². The number of aromatic nitrogens is 1. The molecule has 0 spiro atoms. The van der Waals surface area contributed by atoms with E-state index >= 15 is 0 Å². The molecule has 1 rings (SSSR count). The Balaban J connectivity index is 0. The molecule has 1 aromatic heterocycles. The van der Waals surface area contributed by atoms with E-state index in [4.69, 9.17) is 0 Å². The zero-order chi connectivity index (χ0) is 13.3. The molecule has 0 aromatic carbocycles. The highest BCUT2D eigenvalue weighted by molar-refractivity contribution is 5.29. The molecule has 0 amide bonds. The lowest BCUT2D eigenvalue weighted by atomic mass is 10.0. The van der Waals surface area contributed by atoms with Crippen molar-refractivity contribution in [2.75, 3.05) is 0 Å². The number of hydrogen-bond donors (Lipinski definition) is 0. The molecule has 0 fully saturated rings. The summed E-state index contributed by atoms with van der Waals surface area (Å²) in [5, 5.41) is 0. The molecule has 0 aliphatic rings. The van der Waals surface area contributed by atoms with Crippen LogP contribution in [0.4, 0.5) is 0 Å². The zero-order valence-electron chi connectivity index (χ0n) is 12.8. The van der Waals surface area contributed by atoms with Gasteiger partial charge in [-0.3, -0.25) is 0 Å². The van der Waals surface area contributed by atoms with Crippen LogP contribution in [0.1, 0.15) is 71.3 Å². The van der Waals surface area contributed by atoms with Crippen molar-refractivity contribution in [2.24, 2.45) is 7.05 Å². The molecular formula is C15H31N. The van der Waals surface area contributed by atoms with Gasteiger partial charge in [0.1, 0.15) is 0 Å². The number of aryl methyl sites for hydroxylation is 1. The summed E-state index contributed by atoms with van der Waals surface area (Å²) in [5.74, 6) is 0.653. The Bertz CT molecular complexity index is 269. The largest absolute Gasteiger partial charge is 0.352 e. The van der Waals surface area contributed by atoms with Crippen LogP contribution in [0.25, 0.3) is 0 Å². The topological polar surface area (TPSA) is 4.93 Å². The lowest BCUT2D eigenvalue weighted by Gasteiger charge is -2.07. The summed E-state index contributed by atoms with van der Waals surface area (Å²) in [6, 6.07) is 2.31. The molecule has 1 aromatic rings. The average molecular weight is 225 g/mol. The minimum atomic E-state index is 0.653. The lowest BCUT2D eigenvalue weighted by molar-refractivity contribution is 0.773. The first-order valence-electron chi connectivity index (χ1n) is 6.73. The highest BCUT2D eigenvalue weighted by Crippen LogP contribution is 2.22. The molecule has 16 heavy (non-hydrogen) atoms. The Hall–Kier alpha value is -0.720. The van der Waals surface area contributed by atoms with Crippen molar-refractivity contribution in [3.8, 4) is 0 Å². The normalized spacial score (nSPS) is 9.12. The summed E-state index contributed by atoms with van der Waals surface area (Å²) >= 11 is 0. The Morgan fingerprint density at radius 2 is 1.56 bits per heavy atom. The van der Waals surface area contributed by atoms with E-state index in [0.29, 0.717) is 5.92 Å². The van der Waals surface area contributed by atoms with Crippen LogP contribution in [0.15, 0.2) is 6.07 Å². The van der Waals surface area contributed by atoms with Gasteiger partial charge in [-0.2, -0.15) is 0 Å². The molecule has 0 aliphatic heterocycles. The first-order chi connectivity index (χ1) is 7.57. The highest BCUT2D eigenvalue weighted by Gasteiger charge is 2.10. The molecule has 0 unspecified atom stereocenters. The molecule has 0 saturated heterocycles. The van der Waals surface area contributed by atoms with Gasteiger partial charge < -0.3 is 4.57 Å². The average Bonchev–Trinajstić information content (AvgIpc) is 2.61. The molecule has 0 bridgehead atoms. The third-order valence-electron chi connectivity index (χ3n) is 2.59. The second-order valence-electron chi connectivity index (χ2n) is 3.76. The van der Waals surface area contributed by atoms with Gasteiger partial charge in [-0.25, -0.2) is 0 Å². The molecule has 1 heterocycles. The van der Waals surface area contributed by atoms with Gasteiger partial charge in [-0.1, -0.05) is 48.5 Å². The molecule has 1 nitrogen and oxygen atoms in total. The van der Waals surface area contributed by atoms with Crippen LogP contribution < -0.4 is 0 Å². The summed E-state index contributed by atoms with van der Waals surface area (Å²) < 4.78 is 2.30. The Kier molecular flexibility index (Phi) is 10.5. The minimum absolute atomic E-state index is 0.653. The van der Waals surface area contributed by atoms with E-state index in [1.54, 1.807) is 0 Å². The van der Waals surface area contributed by atoms with Crippen molar-refractivity contribution in [2.45, 2.75) is 67.7 Å². The van der Waals surface area contributed by atoms with Crippen LogP contribution in [0.5, 0.6) is 0 Å². The minimum Gasteiger partial charge on any atom is -0.352 e. The summed E-state index contributed by atoms with van der Waals surface area (Å²) in [7, 11) is 2.15. The van der Waals surface area contributed by atoms with Gasteiger partial charge in [-0.05, 0) is 30.9 Å². The van der Waals surface area contributed by atoms with Crippen molar-refractivity contribution in [1.29, 1.82) is 0 Å². The van der Waals surface area contributed by atoms with Crippen LogP contribution in [-0.4, -0.2) is 4.57 Å². The van der Waals surface area contributed by atoms with Crippen molar-refractivity contribution < 1.29 is 0 Å². The third kappa shape index (κ3) is 4.42. The lowest BCUT2D eigenvalue weighted by Crippen LogP contribution is -1.99. The first kappa shape index (κ1) is 17.7. The first-order valence-corrected chi connectivity index (χ1v) is 6.73. The maximum Gasteiger partial charge on any atom is 0.0206 e.